The fourth-order valence-corrected chi connectivity index (χ4v) is 3.02. The monoisotopic (exact) mass is 349 g/mol. The summed E-state index contributed by atoms with van der Waals surface area (Å²) >= 11 is 3.42. The van der Waals surface area contributed by atoms with Gasteiger partial charge in [0.05, 0.1) is 17.3 Å². The van der Waals surface area contributed by atoms with Crippen molar-refractivity contribution in [3.63, 3.8) is 0 Å². The summed E-state index contributed by atoms with van der Waals surface area (Å²) in [6, 6.07) is 7.03. The molecule has 0 saturated heterocycles. The molecule has 0 amide bonds. The maximum absolute atomic E-state index is 11.7. The predicted octanol–water partition coefficient (Wildman–Crippen LogP) is 2.33. The van der Waals surface area contributed by atoms with Crippen LogP contribution in [0.15, 0.2) is 29.2 Å². The predicted molar refractivity (Wildman–Crippen MR) is 82.1 cm³/mol. The lowest BCUT2D eigenvalue weighted by Crippen LogP contribution is -2.29. The number of methoxy groups -OCH3 is 1. The number of hydrogen-bond donors (Lipinski definition) is 0. The van der Waals surface area contributed by atoms with Gasteiger partial charge in [-0.25, -0.2) is 8.42 Å². The molecule has 0 spiro atoms. The van der Waals surface area contributed by atoms with Gasteiger partial charge in [0.25, 0.3) is 0 Å². The number of nitrogens with zero attached hydrogens (tertiary/aromatic N) is 1. The van der Waals surface area contributed by atoms with Gasteiger partial charge in [0.1, 0.15) is 0 Å². The first-order valence-corrected chi connectivity index (χ1v) is 8.95. The zero-order valence-corrected chi connectivity index (χ0v) is 13.7. The Morgan fingerprint density at radius 2 is 1.84 bits per heavy atom. The van der Waals surface area contributed by atoms with Gasteiger partial charge in [0.2, 0.25) is 0 Å². The standard InChI is InChI=1S/C13H20BrNO3S/c1-3-19(16,17)13-6-4-12(5-7-13)15(9-8-14)10-11-18-2/h4-7H,3,8-11H2,1-2H3. The van der Waals surface area contributed by atoms with Crippen molar-refractivity contribution in [1.29, 1.82) is 0 Å². The molecular formula is C13H20BrNO3S. The maximum Gasteiger partial charge on any atom is 0.178 e. The zero-order chi connectivity index (χ0) is 14.3. The van der Waals surface area contributed by atoms with Gasteiger partial charge in [-0.3, -0.25) is 0 Å². The zero-order valence-electron chi connectivity index (χ0n) is 11.3. The molecule has 0 heterocycles. The Morgan fingerprint density at radius 3 is 2.32 bits per heavy atom. The smallest absolute Gasteiger partial charge is 0.178 e. The van der Waals surface area contributed by atoms with Crippen LogP contribution in [-0.2, 0) is 14.6 Å². The molecule has 0 bridgehead atoms. The third kappa shape index (κ3) is 4.78. The highest BCUT2D eigenvalue weighted by Gasteiger charge is 2.12. The quantitative estimate of drug-likeness (QED) is 0.675. The van der Waals surface area contributed by atoms with Crippen molar-refractivity contribution >= 4 is 31.5 Å². The lowest BCUT2D eigenvalue weighted by Gasteiger charge is -2.23. The normalized spacial score (nSPS) is 11.5. The number of rotatable bonds is 8. The van der Waals surface area contributed by atoms with E-state index in [1.54, 1.807) is 26.2 Å². The van der Waals surface area contributed by atoms with Gasteiger partial charge in [0, 0.05) is 31.2 Å². The van der Waals surface area contributed by atoms with Gasteiger partial charge in [-0.1, -0.05) is 22.9 Å². The second-order valence-electron chi connectivity index (χ2n) is 4.07. The van der Waals surface area contributed by atoms with Crippen LogP contribution in [-0.4, -0.2) is 46.3 Å². The average Bonchev–Trinajstić information content (AvgIpc) is 2.43. The van der Waals surface area contributed by atoms with Gasteiger partial charge in [0.15, 0.2) is 9.84 Å². The lowest BCUT2D eigenvalue weighted by molar-refractivity contribution is 0.205. The van der Waals surface area contributed by atoms with E-state index in [2.05, 4.69) is 20.8 Å². The summed E-state index contributed by atoms with van der Waals surface area (Å²) in [5, 5.41) is 0.853. The third-order valence-electron chi connectivity index (χ3n) is 2.86. The molecule has 1 aromatic carbocycles. The van der Waals surface area contributed by atoms with Crippen LogP contribution in [0, 0.1) is 0 Å². The van der Waals surface area contributed by atoms with E-state index >= 15 is 0 Å². The van der Waals surface area contributed by atoms with Crippen molar-refractivity contribution in [3.8, 4) is 0 Å². The average molecular weight is 350 g/mol. The third-order valence-corrected chi connectivity index (χ3v) is 4.97. The van der Waals surface area contributed by atoms with Gasteiger partial charge < -0.3 is 9.64 Å². The molecule has 0 atom stereocenters. The number of anilines is 1. The fourth-order valence-electron chi connectivity index (χ4n) is 1.70. The second-order valence-corrected chi connectivity index (χ2v) is 7.14. The first-order valence-electron chi connectivity index (χ1n) is 6.17. The molecule has 4 nitrogen and oxygen atoms in total. The van der Waals surface area contributed by atoms with E-state index in [0.29, 0.717) is 11.5 Å². The Bertz CT molecular complexity index is 473. The van der Waals surface area contributed by atoms with Crippen LogP contribution in [0.25, 0.3) is 0 Å². The topological polar surface area (TPSA) is 46.6 Å². The summed E-state index contributed by atoms with van der Waals surface area (Å²) in [6.07, 6.45) is 0. The van der Waals surface area contributed by atoms with Crippen molar-refractivity contribution in [3.05, 3.63) is 24.3 Å². The van der Waals surface area contributed by atoms with Crippen LogP contribution in [0.4, 0.5) is 5.69 Å². The van der Waals surface area contributed by atoms with E-state index in [4.69, 9.17) is 4.74 Å². The van der Waals surface area contributed by atoms with E-state index in [9.17, 15) is 8.42 Å². The van der Waals surface area contributed by atoms with Gasteiger partial charge in [-0.2, -0.15) is 0 Å². The Kier molecular flexibility index (Phi) is 6.82. The summed E-state index contributed by atoms with van der Waals surface area (Å²) in [6.45, 7) is 3.92. The highest BCUT2D eigenvalue weighted by molar-refractivity contribution is 9.09. The molecule has 108 valence electrons. The van der Waals surface area contributed by atoms with Crippen LogP contribution in [0.3, 0.4) is 0 Å². The molecule has 1 rings (SSSR count). The minimum absolute atomic E-state index is 0.126. The molecule has 0 saturated carbocycles. The molecule has 19 heavy (non-hydrogen) atoms. The van der Waals surface area contributed by atoms with Crippen LogP contribution < -0.4 is 4.90 Å². The largest absolute Gasteiger partial charge is 0.383 e. The Hall–Kier alpha value is -0.590. The number of benzene rings is 1. The first kappa shape index (κ1) is 16.5. The molecule has 0 fully saturated rings. The molecule has 0 unspecified atom stereocenters. The summed E-state index contributed by atoms with van der Waals surface area (Å²) < 4.78 is 28.6. The molecule has 0 aliphatic heterocycles. The van der Waals surface area contributed by atoms with Crippen molar-refractivity contribution in [2.24, 2.45) is 0 Å². The summed E-state index contributed by atoms with van der Waals surface area (Å²) in [4.78, 5) is 2.53. The minimum Gasteiger partial charge on any atom is -0.383 e. The van der Waals surface area contributed by atoms with Gasteiger partial charge in [-0.15, -0.1) is 0 Å². The lowest BCUT2D eigenvalue weighted by atomic mass is 10.3. The van der Waals surface area contributed by atoms with E-state index < -0.39 is 9.84 Å². The first-order chi connectivity index (χ1) is 9.05. The number of halogens is 1. The molecule has 0 aliphatic rings. The fraction of sp³-hybridized carbons (Fsp3) is 0.538. The Morgan fingerprint density at radius 1 is 1.21 bits per heavy atom. The van der Waals surface area contributed by atoms with Gasteiger partial charge >= 0.3 is 0 Å². The Labute approximate surface area is 123 Å². The van der Waals surface area contributed by atoms with E-state index in [-0.39, 0.29) is 5.75 Å². The molecular weight excluding hydrogens is 330 g/mol. The summed E-state index contributed by atoms with van der Waals surface area (Å²) in [5.74, 6) is 0.126. The number of ether oxygens (including phenoxy) is 1. The van der Waals surface area contributed by atoms with E-state index in [1.165, 1.54) is 0 Å². The number of sulfone groups is 1. The van der Waals surface area contributed by atoms with E-state index in [0.717, 1.165) is 24.1 Å². The van der Waals surface area contributed by atoms with Gasteiger partial charge in [-0.05, 0) is 24.3 Å². The second kappa shape index (κ2) is 7.87. The molecule has 6 heteroatoms. The highest BCUT2D eigenvalue weighted by Crippen LogP contribution is 2.19. The summed E-state index contributed by atoms with van der Waals surface area (Å²) in [5.41, 5.74) is 1.01. The molecule has 1 aromatic rings. The van der Waals surface area contributed by atoms with Crippen molar-refractivity contribution < 1.29 is 13.2 Å². The van der Waals surface area contributed by atoms with Crippen molar-refractivity contribution in [2.45, 2.75) is 11.8 Å². The van der Waals surface area contributed by atoms with Crippen LogP contribution in [0.5, 0.6) is 0 Å². The molecule has 0 aromatic heterocycles. The number of alkyl halides is 1. The maximum atomic E-state index is 11.7. The summed E-state index contributed by atoms with van der Waals surface area (Å²) in [7, 11) is -1.45. The molecule has 0 aliphatic carbocycles. The Balaban J connectivity index is 2.88. The SMILES string of the molecule is CCS(=O)(=O)c1ccc(N(CCBr)CCOC)cc1. The molecule has 0 radical (unpaired) electrons. The van der Waals surface area contributed by atoms with Crippen LogP contribution in [0.2, 0.25) is 0 Å². The number of hydrogen-bond acceptors (Lipinski definition) is 4. The van der Waals surface area contributed by atoms with Crippen LogP contribution >= 0.6 is 15.9 Å². The van der Waals surface area contributed by atoms with E-state index in [1.807, 2.05) is 12.1 Å². The molecule has 0 N–H and O–H groups in total. The van der Waals surface area contributed by atoms with Crippen molar-refractivity contribution in [2.75, 3.05) is 42.8 Å². The highest BCUT2D eigenvalue weighted by atomic mass is 79.9. The van der Waals surface area contributed by atoms with Crippen molar-refractivity contribution in [1.82, 2.24) is 0 Å². The van der Waals surface area contributed by atoms with Crippen LogP contribution in [0.1, 0.15) is 6.92 Å². The minimum atomic E-state index is -3.12.